The van der Waals surface area contributed by atoms with E-state index in [-0.39, 0.29) is 19.6 Å². The Morgan fingerprint density at radius 2 is 1.00 bits per heavy atom. The van der Waals surface area contributed by atoms with Crippen molar-refractivity contribution < 1.29 is 56.2 Å². The maximum Gasteiger partial charge on any atom is 0.397 e. The quantitative estimate of drug-likeness (QED) is 0.0197. The lowest BCUT2D eigenvalue weighted by molar-refractivity contribution is -0.301. The largest absolute Gasteiger partial charge is 0.457 e. The molecule has 1 aliphatic rings. The van der Waals surface area contributed by atoms with E-state index in [4.69, 9.17) is 18.9 Å². The molecular weight excluding hydrogens is 861 g/mol. The van der Waals surface area contributed by atoms with Gasteiger partial charge in [-0.15, -0.1) is 0 Å². The molecule has 4 N–H and O–H groups in total. The Labute approximate surface area is 403 Å². The van der Waals surface area contributed by atoms with Crippen LogP contribution in [0.3, 0.4) is 0 Å². The molecule has 0 spiro atoms. The number of esters is 1. The number of rotatable bonds is 48. The first-order valence-corrected chi connectivity index (χ1v) is 28.5. The summed E-state index contributed by atoms with van der Waals surface area (Å²) in [7, 11) is -5.06. The molecular formula is C53H100O12S. The molecule has 1 saturated heterocycles. The van der Waals surface area contributed by atoms with Crippen LogP contribution in [0.2, 0.25) is 0 Å². The average Bonchev–Trinajstić information content (AvgIpc) is 3.29. The van der Waals surface area contributed by atoms with Gasteiger partial charge in [0.2, 0.25) is 0 Å². The van der Waals surface area contributed by atoms with Crippen molar-refractivity contribution in [3.63, 3.8) is 0 Å². The predicted molar refractivity (Wildman–Crippen MR) is 267 cm³/mol. The molecule has 0 aromatic carbocycles. The normalized spacial score (nSPS) is 19.6. The Balaban J connectivity index is 2.33. The van der Waals surface area contributed by atoms with Crippen LogP contribution >= 0.6 is 0 Å². The maximum atomic E-state index is 12.9. The van der Waals surface area contributed by atoms with Gasteiger partial charge in [-0.3, -0.25) is 9.35 Å². The predicted octanol–water partition coefficient (Wildman–Crippen LogP) is 12.8. The van der Waals surface area contributed by atoms with Crippen LogP contribution in [0, 0.1) is 0 Å². The lowest BCUT2D eigenvalue weighted by Gasteiger charge is -2.41. The highest BCUT2D eigenvalue weighted by atomic mass is 32.3. The van der Waals surface area contributed by atoms with Crippen molar-refractivity contribution in [1.82, 2.24) is 0 Å². The fourth-order valence-corrected chi connectivity index (χ4v) is 8.98. The third-order valence-electron chi connectivity index (χ3n) is 12.6. The summed E-state index contributed by atoms with van der Waals surface area (Å²) in [5.74, 6) is -0.396. The van der Waals surface area contributed by atoms with Gasteiger partial charge in [-0.05, 0) is 44.9 Å². The number of hydrogen-bond acceptors (Lipinski definition) is 11. The minimum atomic E-state index is -5.06. The van der Waals surface area contributed by atoms with Crippen LogP contribution in [0.5, 0.6) is 0 Å². The van der Waals surface area contributed by atoms with E-state index in [1.54, 1.807) is 0 Å². The molecule has 0 aliphatic carbocycles. The van der Waals surface area contributed by atoms with Crippen LogP contribution in [0.4, 0.5) is 0 Å². The molecule has 66 heavy (non-hydrogen) atoms. The van der Waals surface area contributed by atoms with Gasteiger partial charge in [0, 0.05) is 13.0 Å². The van der Waals surface area contributed by atoms with E-state index in [1.165, 1.54) is 167 Å². The summed E-state index contributed by atoms with van der Waals surface area (Å²) in [5, 5.41) is 30.8. The van der Waals surface area contributed by atoms with Crippen molar-refractivity contribution in [3.05, 3.63) is 24.3 Å². The van der Waals surface area contributed by atoms with E-state index in [0.717, 1.165) is 51.4 Å². The monoisotopic (exact) mass is 961 g/mol. The third kappa shape index (κ3) is 37.5. The zero-order chi connectivity index (χ0) is 48.2. The smallest absolute Gasteiger partial charge is 0.397 e. The molecule has 390 valence electrons. The number of carbonyl (C=O) groups excluding carboxylic acids is 1. The highest BCUT2D eigenvalue weighted by molar-refractivity contribution is 7.80. The van der Waals surface area contributed by atoms with Gasteiger partial charge in [0.1, 0.15) is 30.5 Å². The van der Waals surface area contributed by atoms with Crippen LogP contribution in [-0.4, -0.2) is 97.5 Å². The van der Waals surface area contributed by atoms with E-state index in [2.05, 4.69) is 42.3 Å². The first-order valence-electron chi connectivity index (χ1n) is 27.1. The van der Waals surface area contributed by atoms with Gasteiger partial charge in [0.05, 0.1) is 19.8 Å². The second kappa shape index (κ2) is 44.8. The highest BCUT2D eigenvalue weighted by Gasteiger charge is 2.48. The van der Waals surface area contributed by atoms with Crippen molar-refractivity contribution in [2.45, 2.75) is 282 Å². The molecule has 6 atom stereocenters. The number of allylic oxidation sites excluding steroid dienone is 4. The molecule has 6 unspecified atom stereocenters. The van der Waals surface area contributed by atoms with Gasteiger partial charge >= 0.3 is 16.4 Å². The van der Waals surface area contributed by atoms with Crippen LogP contribution in [-0.2, 0) is 38.3 Å². The summed E-state index contributed by atoms with van der Waals surface area (Å²) >= 11 is 0. The van der Waals surface area contributed by atoms with E-state index >= 15 is 0 Å². The Hall–Kier alpha value is -1.42. The summed E-state index contributed by atoms with van der Waals surface area (Å²) in [6.07, 6.45) is 43.5. The van der Waals surface area contributed by atoms with Crippen LogP contribution in [0.25, 0.3) is 0 Å². The van der Waals surface area contributed by atoms with Gasteiger partial charge in [0.25, 0.3) is 0 Å². The first kappa shape index (κ1) is 62.6. The number of aliphatic hydroxyl groups excluding tert-OH is 3. The van der Waals surface area contributed by atoms with Crippen LogP contribution in [0.1, 0.15) is 245 Å². The van der Waals surface area contributed by atoms with Gasteiger partial charge in [-0.2, -0.15) is 8.42 Å². The van der Waals surface area contributed by atoms with Crippen molar-refractivity contribution >= 4 is 16.4 Å². The minimum absolute atomic E-state index is 0.0363. The lowest BCUT2D eigenvalue weighted by atomic mass is 9.99. The SMILES string of the molecule is CCCCCC/C=C\C/C=C\CCCCCCCCCCOCC(COC1OC(CO)C(O)C(OS(=O)(=O)O)C1O)OC(=O)CCCCCCCCCCCCCCCCCCCCCC. The standard InChI is InChI=1S/C53H100O12S/c1-3-5-7-9-11-13-15-17-19-21-23-24-26-28-30-32-34-36-38-40-42-49(55)63-47(46-62-53-51(57)52(65-66(58,59)60)50(56)48(44-54)64-53)45-61-43-41-39-37-35-33-31-29-27-25-22-20-18-16-14-12-10-8-6-4-2/h14,16,20,22,47-48,50-54,56-57H,3-13,15,17-19,21,23-46H2,1-2H3,(H,58,59,60)/b16-14-,22-20-. The fourth-order valence-electron chi connectivity index (χ4n) is 8.47. The van der Waals surface area contributed by atoms with Gasteiger partial charge in [-0.25, -0.2) is 4.18 Å². The molecule has 1 aliphatic heterocycles. The minimum Gasteiger partial charge on any atom is -0.457 e. The van der Waals surface area contributed by atoms with Crippen molar-refractivity contribution in [2.24, 2.45) is 0 Å². The summed E-state index contributed by atoms with van der Waals surface area (Å²) < 4.78 is 59.3. The Bertz CT molecular complexity index is 1250. The molecule has 0 aromatic heterocycles. The maximum absolute atomic E-state index is 12.9. The summed E-state index contributed by atoms with van der Waals surface area (Å²) in [4.78, 5) is 12.9. The van der Waals surface area contributed by atoms with Gasteiger partial charge < -0.3 is 34.3 Å². The number of carbonyl (C=O) groups is 1. The van der Waals surface area contributed by atoms with Crippen LogP contribution in [0.15, 0.2) is 24.3 Å². The zero-order valence-electron chi connectivity index (χ0n) is 42.0. The van der Waals surface area contributed by atoms with Gasteiger partial charge in [0.15, 0.2) is 6.29 Å². The first-order chi connectivity index (χ1) is 32.1. The molecule has 0 amide bonds. The summed E-state index contributed by atoms with van der Waals surface area (Å²) in [6, 6.07) is 0. The van der Waals surface area contributed by atoms with E-state index in [9.17, 15) is 33.1 Å². The van der Waals surface area contributed by atoms with E-state index < -0.39 is 59.8 Å². The average molecular weight is 961 g/mol. The molecule has 0 bridgehead atoms. The molecule has 0 saturated carbocycles. The molecule has 13 heteroatoms. The molecule has 1 fully saturated rings. The number of hydrogen-bond donors (Lipinski definition) is 4. The van der Waals surface area contributed by atoms with Crippen molar-refractivity contribution in [1.29, 1.82) is 0 Å². The second-order valence-corrected chi connectivity index (χ2v) is 19.9. The fraction of sp³-hybridized carbons (Fsp3) is 0.906. The number of unbranched alkanes of at least 4 members (excludes halogenated alkanes) is 31. The van der Waals surface area contributed by atoms with Gasteiger partial charge in [-0.1, -0.05) is 218 Å². The number of aliphatic hydroxyl groups is 3. The molecule has 0 radical (unpaired) electrons. The number of ether oxygens (including phenoxy) is 4. The van der Waals surface area contributed by atoms with E-state index in [0.29, 0.717) is 13.0 Å². The molecule has 1 rings (SSSR count). The Morgan fingerprint density at radius 1 is 0.576 bits per heavy atom. The molecule has 12 nitrogen and oxygen atoms in total. The van der Waals surface area contributed by atoms with E-state index in [1.807, 2.05) is 0 Å². The topological polar surface area (TPSA) is 178 Å². The lowest BCUT2D eigenvalue weighted by Crippen LogP contribution is -2.60. The Morgan fingerprint density at radius 3 is 1.45 bits per heavy atom. The highest BCUT2D eigenvalue weighted by Crippen LogP contribution is 2.26. The van der Waals surface area contributed by atoms with Crippen molar-refractivity contribution in [3.8, 4) is 0 Å². The summed E-state index contributed by atoms with van der Waals surface area (Å²) in [6.45, 7) is 4.01. The Kier molecular flexibility index (Phi) is 42.5. The third-order valence-corrected chi connectivity index (χ3v) is 13.0. The van der Waals surface area contributed by atoms with Crippen LogP contribution < -0.4 is 0 Å². The zero-order valence-corrected chi connectivity index (χ0v) is 42.8. The molecule has 1 heterocycles. The summed E-state index contributed by atoms with van der Waals surface area (Å²) in [5.41, 5.74) is 0. The van der Waals surface area contributed by atoms with Crippen molar-refractivity contribution in [2.75, 3.05) is 26.4 Å². The molecule has 0 aromatic rings. The second-order valence-electron chi connectivity index (χ2n) is 18.8.